The molecular formula is C88H58I2N4O8. The summed E-state index contributed by atoms with van der Waals surface area (Å²) in [6, 6.07) is 0. The highest BCUT2D eigenvalue weighted by Gasteiger charge is 2.80. The minimum absolute atomic E-state index is 0. The van der Waals surface area contributed by atoms with Crippen LogP contribution in [0.2, 0.25) is 0 Å². The fourth-order valence-electron chi connectivity index (χ4n) is 30.8. The highest BCUT2D eigenvalue weighted by Crippen LogP contribution is 2.88. The standard InChI is InChI=1S/C88H56N4O8.2HI/c1-83(2,3)99-81(93)89-9-13-95-17-19-97-15-11-91(7)21-85-73-57-45-33-25-26-30-27-31-39-47(35(27)33)59(57)75(85)65-53(39)44-52-42(31)50-38(30)46-34(26)36-28-29(25)37(45)49-41-32(28)40-48(36)60-58(46)74-62(50)64(52)78-70-55(44)67(65)79-71-69-56-43(51(41)63(61(49)73)77(69)87(79,85)23-91)54(40)66-68(56)80(72(70)71)88(78)24-92(8,22-86(74,88)76(60)66)12-16-98-20-18-96-14-10-90-82(94)100-84(4,5)6;;/h9-24H2,1-8H3;2*1H. The van der Waals surface area contributed by atoms with Crippen molar-refractivity contribution in [1.82, 2.24) is 10.6 Å². The molecule has 24 aromatic carbocycles. The van der Waals surface area contributed by atoms with E-state index >= 15 is 0 Å². The average molecular weight is 1550 g/mol. The molecule has 2 N–H and O–H groups in total. The summed E-state index contributed by atoms with van der Waals surface area (Å²) in [5.41, 5.74) is 11.7. The van der Waals surface area contributed by atoms with Crippen LogP contribution in [0.25, 0.3) is 259 Å². The van der Waals surface area contributed by atoms with Crippen LogP contribution in [-0.2, 0) is 50.1 Å². The highest BCUT2D eigenvalue weighted by molar-refractivity contribution is 6.78. The van der Waals surface area contributed by atoms with Gasteiger partial charge in [-0.25, -0.2) is 9.59 Å². The number of amides is 2. The van der Waals surface area contributed by atoms with Gasteiger partial charge in [-0.2, -0.15) is 0 Å². The third-order valence-electron chi connectivity index (χ3n) is 31.5. The molecule has 0 bridgehead atoms. The number of alkyl carbamates (subject to hydrolysis) is 2. The second kappa shape index (κ2) is 14.1. The Morgan fingerprint density at radius 1 is 0.275 bits per heavy atom. The SMILES string of the molecule is CC(C)(C)OC(=O)NCCOCCOCC[N+]1(C)CC23c4c5c6c7c8c9c%10c%11c%12c%13c%14c%15c(c6c6c4c4c%16c%17c%18c(c%19c%20c2c5c8c2c%20c5c%19c8c%18c%18c%19c%17c%17c4c6c%15c4c%14c6c%12c%12c%14c%11c(c92)c5c%14c8c%18c%12c6c%19c4%17)C%163C1)C71C[N+](C)(CCOCCOCCNC(=O)OC(C)(C)C)CC%10%131.[I-].[I-]. The molecule has 2 heterocycles. The lowest BCUT2D eigenvalue weighted by molar-refractivity contribution is -0.900. The molecule has 6 unspecified atom stereocenters. The maximum Gasteiger partial charge on any atom is 0.407 e. The van der Waals surface area contributed by atoms with E-state index in [1.807, 2.05) is 41.5 Å². The quantitative estimate of drug-likeness (QED) is 0.0378. The van der Waals surface area contributed by atoms with Crippen molar-refractivity contribution in [3.8, 4) is 0 Å². The molecule has 14 heteroatoms. The van der Waals surface area contributed by atoms with Gasteiger partial charge in [0.2, 0.25) is 0 Å². The zero-order chi connectivity index (χ0) is 64.5. The van der Waals surface area contributed by atoms with Gasteiger partial charge in [0.05, 0.1) is 115 Å². The van der Waals surface area contributed by atoms with Gasteiger partial charge in [-0.05, 0) is 345 Å². The molecule has 8 aliphatic carbocycles. The fraction of sp³-hybridized carbons (Fsp3) is 0.341. The van der Waals surface area contributed by atoms with Gasteiger partial charge < -0.3 is 96.0 Å². The molecule has 10 aliphatic rings. The maximum absolute atomic E-state index is 12.5. The number of halogens is 2. The van der Waals surface area contributed by atoms with E-state index in [-0.39, 0.29) is 69.6 Å². The number of nitrogens with zero attached hydrogens (tertiary/aromatic N) is 2. The minimum atomic E-state index is -0.550. The molecule has 492 valence electrons. The highest BCUT2D eigenvalue weighted by atomic mass is 127. The first-order valence-electron chi connectivity index (χ1n) is 37.4. The van der Waals surface area contributed by atoms with Crippen LogP contribution in [-0.4, -0.2) is 152 Å². The van der Waals surface area contributed by atoms with E-state index in [2.05, 4.69) is 24.7 Å². The van der Waals surface area contributed by atoms with E-state index in [1.165, 1.54) is 0 Å². The zero-order valence-electron chi connectivity index (χ0n) is 57.2. The lowest BCUT2D eigenvalue weighted by Gasteiger charge is -2.47. The monoisotopic (exact) mass is 1550 g/mol. The summed E-state index contributed by atoms with van der Waals surface area (Å²) in [7, 11) is 5.34. The molecule has 2 saturated heterocycles. The summed E-state index contributed by atoms with van der Waals surface area (Å²) in [6.45, 7) is 22.2. The summed E-state index contributed by atoms with van der Waals surface area (Å²) in [6.07, 6.45) is -0.830. The van der Waals surface area contributed by atoms with E-state index in [0.717, 1.165) is 48.2 Å². The molecule has 4 spiro atoms. The molecule has 0 saturated carbocycles. The Bertz CT molecular complexity index is 7750. The first kappa shape index (κ1) is 53.3. The fourth-order valence-corrected chi connectivity index (χ4v) is 30.8. The molecule has 24 aromatic rings. The lowest BCUT2D eigenvalue weighted by Crippen LogP contribution is -3.00. The van der Waals surface area contributed by atoms with Gasteiger partial charge >= 0.3 is 12.2 Å². The van der Waals surface area contributed by atoms with Gasteiger partial charge in [0.1, 0.15) is 24.3 Å². The molecule has 0 aromatic heterocycles. The van der Waals surface area contributed by atoms with Gasteiger partial charge in [-0.15, -0.1) is 0 Å². The van der Waals surface area contributed by atoms with Crippen molar-refractivity contribution < 1.29 is 94.9 Å². The van der Waals surface area contributed by atoms with Crippen molar-refractivity contribution >= 4 is 271 Å². The Balaban J connectivity index is 0.00000272. The third-order valence-corrected chi connectivity index (χ3v) is 31.5. The van der Waals surface area contributed by atoms with Crippen molar-refractivity contribution in [1.29, 1.82) is 0 Å². The number of carbonyl (C=O) groups excluding carboxylic acids is 2. The smallest absolute Gasteiger partial charge is 0.407 e. The lowest BCUT2D eigenvalue weighted by atomic mass is 9.50. The molecule has 6 atom stereocenters. The van der Waals surface area contributed by atoms with Crippen molar-refractivity contribution in [2.24, 2.45) is 0 Å². The van der Waals surface area contributed by atoms with Crippen molar-refractivity contribution in [3.63, 3.8) is 0 Å². The number of quaternary nitrogens is 2. The van der Waals surface area contributed by atoms with Crippen LogP contribution in [0.4, 0.5) is 9.59 Å². The Morgan fingerprint density at radius 3 is 0.618 bits per heavy atom. The van der Waals surface area contributed by atoms with Crippen molar-refractivity contribution in [3.05, 3.63) is 44.5 Å². The van der Waals surface area contributed by atoms with Crippen LogP contribution in [0, 0.1) is 0 Å². The van der Waals surface area contributed by atoms with Gasteiger partial charge in [0.15, 0.2) is 0 Å². The number of hydrogen-bond donors (Lipinski definition) is 2. The number of carbonyl (C=O) groups is 2. The second-order valence-corrected chi connectivity index (χ2v) is 37.2. The van der Waals surface area contributed by atoms with Crippen LogP contribution >= 0.6 is 0 Å². The van der Waals surface area contributed by atoms with Gasteiger partial charge in [0.25, 0.3) is 0 Å². The molecule has 2 aliphatic heterocycles. The molecular weight excluding hydrogens is 1490 g/mol. The Hall–Kier alpha value is -7.52. The topological polar surface area (TPSA) is 114 Å². The van der Waals surface area contributed by atoms with E-state index in [0.29, 0.717) is 65.9 Å². The average Bonchev–Trinajstić information content (AvgIpc) is 1.37. The number of benzene rings is 16. The summed E-state index contributed by atoms with van der Waals surface area (Å²) in [5, 5.41) is 85.1. The van der Waals surface area contributed by atoms with E-state index in [9.17, 15) is 9.59 Å². The summed E-state index contributed by atoms with van der Waals surface area (Å²) < 4.78 is 38.7. The van der Waals surface area contributed by atoms with Crippen LogP contribution in [0.3, 0.4) is 0 Å². The van der Waals surface area contributed by atoms with Gasteiger partial charge in [-0.3, -0.25) is 0 Å². The third kappa shape index (κ3) is 4.03. The number of likely N-dealkylation sites (tertiary alicyclic amines) is 2. The predicted molar refractivity (Wildman–Crippen MR) is 400 cm³/mol. The molecule has 0 radical (unpaired) electrons. The number of likely N-dealkylation sites (N-methyl/N-ethyl adjacent to an activating group) is 2. The number of rotatable bonds is 18. The predicted octanol–water partition coefficient (Wildman–Crippen LogP) is 10.9. The number of nitrogens with one attached hydrogen (secondary N) is 2. The van der Waals surface area contributed by atoms with Crippen molar-refractivity contribution in [2.75, 3.05) is 119 Å². The van der Waals surface area contributed by atoms with E-state index in [1.54, 1.807) is 303 Å². The van der Waals surface area contributed by atoms with E-state index < -0.39 is 23.4 Å². The number of ether oxygens (including phenoxy) is 6. The first-order chi connectivity index (χ1) is 48.5. The zero-order valence-corrected chi connectivity index (χ0v) is 61.5. The van der Waals surface area contributed by atoms with Gasteiger partial charge in [0, 0.05) is 13.1 Å². The van der Waals surface area contributed by atoms with Gasteiger partial charge in [-0.1, -0.05) is 0 Å². The summed E-state index contributed by atoms with van der Waals surface area (Å²) >= 11 is 0. The normalized spacial score (nSPS) is 25.9. The Labute approximate surface area is 609 Å². The van der Waals surface area contributed by atoms with Crippen LogP contribution in [0.15, 0.2) is 0 Å². The van der Waals surface area contributed by atoms with Crippen LogP contribution in [0.1, 0.15) is 86.1 Å². The van der Waals surface area contributed by atoms with Crippen LogP contribution in [0.5, 0.6) is 0 Å². The van der Waals surface area contributed by atoms with Crippen LogP contribution < -0.4 is 58.6 Å². The molecule has 34 rings (SSSR count). The minimum Gasteiger partial charge on any atom is -1.00 e. The molecule has 12 nitrogen and oxygen atoms in total. The molecule has 2 amide bonds. The summed E-state index contributed by atoms with van der Waals surface area (Å²) in [4.78, 5) is 24.9. The van der Waals surface area contributed by atoms with Crippen molar-refractivity contribution in [2.45, 2.75) is 74.4 Å². The number of hydrogen-bond acceptors (Lipinski definition) is 8. The van der Waals surface area contributed by atoms with E-state index in [4.69, 9.17) is 28.4 Å². The second-order valence-electron chi connectivity index (χ2n) is 37.2. The summed E-state index contributed by atoms with van der Waals surface area (Å²) in [5.74, 6) is 0. The first-order valence-corrected chi connectivity index (χ1v) is 37.4. The molecule has 2 fully saturated rings. The maximum atomic E-state index is 12.5. The largest absolute Gasteiger partial charge is 1.00 e. The Kier molecular flexibility index (Phi) is 7.34. The Morgan fingerprint density at radius 2 is 0.431 bits per heavy atom. The molecule has 102 heavy (non-hydrogen) atoms.